The molecule has 0 amide bonds. The molecule has 56 heavy (non-hydrogen) atoms. The van der Waals surface area contributed by atoms with Crippen LogP contribution < -0.4 is 5.32 Å². The van der Waals surface area contributed by atoms with E-state index in [1.807, 2.05) is 24.4 Å². The van der Waals surface area contributed by atoms with Crippen LogP contribution in [-0.4, -0.2) is 14.8 Å². The Hall–Kier alpha value is -7.43. The molecule has 266 valence electrons. The number of para-hydroxylation sites is 3. The molecule has 0 aliphatic rings. The molecule has 0 spiro atoms. The molecule has 10 aromatic rings. The molecule has 0 unspecified atom stereocenters. The van der Waals surface area contributed by atoms with Crippen LogP contribution in [0.15, 0.2) is 206 Å². The van der Waals surface area contributed by atoms with Gasteiger partial charge in [0, 0.05) is 32.8 Å². The number of benzene rings is 8. The second kappa shape index (κ2) is 14.1. The van der Waals surface area contributed by atoms with Crippen LogP contribution in [0.3, 0.4) is 0 Å². The van der Waals surface area contributed by atoms with Crippen molar-refractivity contribution >= 4 is 49.3 Å². The van der Waals surface area contributed by atoms with Gasteiger partial charge in [0.2, 0.25) is 0 Å². The van der Waals surface area contributed by atoms with Crippen LogP contribution in [0.25, 0.3) is 82.7 Å². The molecular weight excluding hydrogens is 681 g/mol. The number of aromatic nitrogens is 2. The number of hydrogen-bond donors (Lipinski definition) is 2. The Balaban J connectivity index is 0.955. The largest absolute Gasteiger partial charge is 0.373 e. The predicted octanol–water partition coefficient (Wildman–Crippen LogP) is 13.0. The van der Waals surface area contributed by atoms with Crippen LogP contribution in [0, 0.1) is 5.41 Å². The summed E-state index contributed by atoms with van der Waals surface area (Å²) in [4.78, 5) is 0. The Morgan fingerprint density at radius 2 is 0.911 bits per heavy atom. The lowest BCUT2D eigenvalue weighted by molar-refractivity contribution is 0.684. The summed E-state index contributed by atoms with van der Waals surface area (Å²) in [6.07, 6.45) is 3.76. The van der Waals surface area contributed by atoms with Crippen molar-refractivity contribution in [2.45, 2.75) is 6.67 Å². The maximum atomic E-state index is 9.07. The van der Waals surface area contributed by atoms with Crippen molar-refractivity contribution in [2.75, 3.05) is 0 Å². The second-order valence-electron chi connectivity index (χ2n) is 14.2. The lowest BCUT2D eigenvalue weighted by Gasteiger charge is -2.11. The van der Waals surface area contributed by atoms with Crippen molar-refractivity contribution in [1.82, 2.24) is 14.5 Å². The van der Waals surface area contributed by atoms with Crippen molar-refractivity contribution in [1.29, 1.82) is 5.41 Å². The van der Waals surface area contributed by atoms with Gasteiger partial charge in [-0.05, 0) is 112 Å². The van der Waals surface area contributed by atoms with Crippen LogP contribution in [-0.2, 0) is 6.67 Å². The molecule has 4 nitrogen and oxygen atoms in total. The fourth-order valence-electron chi connectivity index (χ4n) is 8.17. The Morgan fingerprint density at radius 1 is 0.429 bits per heavy atom. The first-order chi connectivity index (χ1) is 27.7. The summed E-state index contributed by atoms with van der Waals surface area (Å²) >= 11 is 0. The zero-order valence-corrected chi connectivity index (χ0v) is 30.7. The topological polar surface area (TPSA) is 45.7 Å². The molecule has 2 N–H and O–H groups in total. The number of allylic oxidation sites excluding steroid dienone is 1. The van der Waals surface area contributed by atoms with E-state index in [-0.39, 0.29) is 0 Å². The highest BCUT2D eigenvalue weighted by Gasteiger charge is 2.15. The standard InChI is InChI=1S/C52H38N4/c53-48(42-31-40(36-14-4-1-5-15-36)30-41(32-42)37-16-6-2-7-17-37)28-29-54-35-55-49-22-12-10-20-44(49)46-33-38(24-26-50(46)55)39-25-27-52-47(34-39)45-21-11-13-23-51(45)56(52)43-18-8-3-9-19-43/h1-34,53-54H,35H2/b29-28-,53-48?. The number of rotatable bonds is 9. The second-order valence-corrected chi connectivity index (χ2v) is 14.2. The first-order valence-electron chi connectivity index (χ1n) is 19.0. The molecule has 0 bridgehead atoms. The van der Waals surface area contributed by atoms with Gasteiger partial charge in [0.15, 0.2) is 0 Å². The molecule has 0 aliphatic heterocycles. The van der Waals surface area contributed by atoms with E-state index in [1.54, 1.807) is 0 Å². The Kier molecular flexibility index (Phi) is 8.34. The van der Waals surface area contributed by atoms with Gasteiger partial charge in [-0.1, -0.05) is 127 Å². The van der Waals surface area contributed by atoms with E-state index in [9.17, 15) is 0 Å². The summed E-state index contributed by atoms with van der Waals surface area (Å²) in [6, 6.07) is 68.8. The SMILES string of the molecule is N=C(/C=C\NCn1c2ccccc2c2cc(-c3ccc4c(c3)c3ccccc3n4-c3ccccc3)ccc21)c1cc(-c2ccccc2)cc(-c2ccccc2)c1. The van der Waals surface area contributed by atoms with Gasteiger partial charge in [0.1, 0.15) is 0 Å². The maximum absolute atomic E-state index is 9.07. The Morgan fingerprint density at radius 3 is 1.55 bits per heavy atom. The molecule has 0 fully saturated rings. The lowest BCUT2D eigenvalue weighted by atomic mass is 9.94. The quantitative estimate of drug-likeness (QED) is 0.143. The average molecular weight is 719 g/mol. The smallest absolute Gasteiger partial charge is 0.0921 e. The van der Waals surface area contributed by atoms with Crippen molar-refractivity contribution in [3.8, 4) is 39.1 Å². The van der Waals surface area contributed by atoms with Crippen LogP contribution in [0.1, 0.15) is 5.56 Å². The zero-order chi connectivity index (χ0) is 37.4. The van der Waals surface area contributed by atoms with Gasteiger partial charge in [0.25, 0.3) is 0 Å². The molecule has 0 atom stereocenters. The number of nitrogens with zero attached hydrogens (tertiary/aromatic N) is 2. The van der Waals surface area contributed by atoms with Gasteiger partial charge in [0.05, 0.1) is 34.4 Å². The minimum absolute atomic E-state index is 0.447. The van der Waals surface area contributed by atoms with Crippen LogP contribution in [0.4, 0.5) is 0 Å². The maximum Gasteiger partial charge on any atom is 0.0921 e. The number of hydrogen-bond acceptors (Lipinski definition) is 2. The Bertz CT molecular complexity index is 3020. The molecule has 4 heteroatoms. The third-order valence-corrected chi connectivity index (χ3v) is 10.9. The fourth-order valence-corrected chi connectivity index (χ4v) is 8.17. The highest BCUT2D eigenvalue weighted by molar-refractivity contribution is 6.12. The summed E-state index contributed by atoms with van der Waals surface area (Å²) in [7, 11) is 0. The molecule has 0 saturated heterocycles. The van der Waals surface area contributed by atoms with E-state index in [1.165, 1.54) is 49.2 Å². The van der Waals surface area contributed by atoms with E-state index in [2.05, 4.69) is 196 Å². The summed E-state index contributed by atoms with van der Waals surface area (Å²) in [5.74, 6) is 0. The van der Waals surface area contributed by atoms with Gasteiger partial charge >= 0.3 is 0 Å². The van der Waals surface area contributed by atoms with Gasteiger partial charge in [-0.25, -0.2) is 0 Å². The van der Waals surface area contributed by atoms with Crippen molar-refractivity contribution in [3.63, 3.8) is 0 Å². The molecule has 0 aliphatic carbocycles. The Labute approximate surface area is 325 Å². The minimum Gasteiger partial charge on any atom is -0.373 e. The summed E-state index contributed by atoms with van der Waals surface area (Å²) in [6.45, 7) is 0.567. The van der Waals surface area contributed by atoms with Crippen molar-refractivity contribution in [3.05, 3.63) is 212 Å². The molecule has 2 aromatic heterocycles. The summed E-state index contributed by atoms with van der Waals surface area (Å²) in [5.41, 5.74) is 14.0. The van der Waals surface area contributed by atoms with Crippen LogP contribution >= 0.6 is 0 Å². The minimum atomic E-state index is 0.447. The molecule has 2 heterocycles. The molecular formula is C52H38N4. The molecule has 8 aromatic carbocycles. The van der Waals surface area contributed by atoms with Crippen LogP contribution in [0.2, 0.25) is 0 Å². The highest BCUT2D eigenvalue weighted by atomic mass is 15.1. The van der Waals surface area contributed by atoms with E-state index in [4.69, 9.17) is 5.41 Å². The number of nitrogens with one attached hydrogen (secondary N) is 2. The molecule has 10 rings (SSSR count). The van der Waals surface area contributed by atoms with Gasteiger partial charge in [-0.15, -0.1) is 0 Å². The lowest BCUT2D eigenvalue weighted by Crippen LogP contribution is -2.12. The molecule has 0 saturated carbocycles. The van der Waals surface area contributed by atoms with Gasteiger partial charge < -0.3 is 19.9 Å². The normalized spacial score (nSPS) is 11.6. The molecule has 0 radical (unpaired) electrons. The number of fused-ring (bicyclic) bond motifs is 6. The first kappa shape index (κ1) is 33.2. The predicted molar refractivity (Wildman–Crippen MR) is 236 cm³/mol. The third kappa shape index (κ3) is 5.94. The van der Waals surface area contributed by atoms with Crippen LogP contribution in [0.5, 0.6) is 0 Å². The zero-order valence-electron chi connectivity index (χ0n) is 30.7. The highest BCUT2D eigenvalue weighted by Crippen LogP contribution is 2.37. The summed E-state index contributed by atoms with van der Waals surface area (Å²) in [5, 5.41) is 17.5. The van der Waals surface area contributed by atoms with E-state index in [0.717, 1.165) is 39.0 Å². The monoisotopic (exact) mass is 718 g/mol. The van der Waals surface area contributed by atoms with Gasteiger partial charge in [-0.3, -0.25) is 0 Å². The fraction of sp³-hybridized carbons (Fsp3) is 0.0192. The van der Waals surface area contributed by atoms with Crippen molar-refractivity contribution < 1.29 is 0 Å². The van der Waals surface area contributed by atoms with Crippen molar-refractivity contribution in [2.24, 2.45) is 0 Å². The van der Waals surface area contributed by atoms with E-state index >= 15 is 0 Å². The third-order valence-electron chi connectivity index (χ3n) is 10.9. The summed E-state index contributed by atoms with van der Waals surface area (Å²) < 4.78 is 4.68. The average Bonchev–Trinajstić information content (AvgIpc) is 3.77. The van der Waals surface area contributed by atoms with E-state index in [0.29, 0.717) is 12.4 Å². The van der Waals surface area contributed by atoms with Gasteiger partial charge in [-0.2, -0.15) is 0 Å². The first-order valence-corrected chi connectivity index (χ1v) is 19.0. The van der Waals surface area contributed by atoms with E-state index < -0.39 is 0 Å².